The Morgan fingerprint density at radius 2 is 2.33 bits per heavy atom. The SMILES string of the molecule is CN(C)C(=O)CNCCCn1ccnc1. The third-order valence-electron chi connectivity index (χ3n) is 2.10. The standard InChI is InChI=1S/C10H18N4O/c1-13(2)10(15)8-11-4-3-6-14-7-5-12-9-14/h5,7,9,11H,3-4,6,8H2,1-2H3. The summed E-state index contributed by atoms with van der Waals surface area (Å²) in [5.41, 5.74) is 0. The van der Waals surface area contributed by atoms with Gasteiger partial charge in [-0.05, 0) is 13.0 Å². The van der Waals surface area contributed by atoms with Gasteiger partial charge in [0, 0.05) is 33.0 Å². The smallest absolute Gasteiger partial charge is 0.236 e. The number of nitrogens with one attached hydrogen (secondary N) is 1. The molecule has 0 spiro atoms. The Morgan fingerprint density at radius 3 is 2.93 bits per heavy atom. The molecule has 1 aromatic rings. The van der Waals surface area contributed by atoms with Crippen LogP contribution in [0, 0.1) is 0 Å². The maximum atomic E-state index is 11.2. The molecule has 1 heterocycles. The van der Waals surface area contributed by atoms with Crippen LogP contribution in [0.15, 0.2) is 18.7 Å². The number of aryl methyl sites for hydroxylation is 1. The first-order valence-corrected chi connectivity index (χ1v) is 5.07. The van der Waals surface area contributed by atoms with Gasteiger partial charge in [0.25, 0.3) is 0 Å². The molecule has 1 amide bonds. The van der Waals surface area contributed by atoms with E-state index in [0.29, 0.717) is 6.54 Å². The second-order valence-electron chi connectivity index (χ2n) is 3.62. The van der Waals surface area contributed by atoms with Crippen molar-refractivity contribution in [3.63, 3.8) is 0 Å². The van der Waals surface area contributed by atoms with Crippen LogP contribution in [-0.4, -0.2) is 47.5 Å². The van der Waals surface area contributed by atoms with Gasteiger partial charge < -0.3 is 14.8 Å². The van der Waals surface area contributed by atoms with E-state index in [2.05, 4.69) is 10.3 Å². The number of nitrogens with zero attached hydrogens (tertiary/aromatic N) is 3. The molecule has 15 heavy (non-hydrogen) atoms. The topological polar surface area (TPSA) is 50.2 Å². The first-order valence-electron chi connectivity index (χ1n) is 5.07. The molecule has 0 aliphatic rings. The fraction of sp³-hybridized carbons (Fsp3) is 0.600. The van der Waals surface area contributed by atoms with Gasteiger partial charge in [-0.1, -0.05) is 0 Å². The van der Waals surface area contributed by atoms with Crippen LogP contribution < -0.4 is 5.32 Å². The number of rotatable bonds is 6. The number of hydrogen-bond donors (Lipinski definition) is 1. The molecule has 0 unspecified atom stereocenters. The summed E-state index contributed by atoms with van der Waals surface area (Å²) in [7, 11) is 3.52. The van der Waals surface area contributed by atoms with Crippen molar-refractivity contribution < 1.29 is 4.79 Å². The largest absolute Gasteiger partial charge is 0.348 e. The van der Waals surface area contributed by atoms with Gasteiger partial charge >= 0.3 is 0 Å². The lowest BCUT2D eigenvalue weighted by Crippen LogP contribution is -2.33. The van der Waals surface area contributed by atoms with Gasteiger partial charge in [0.15, 0.2) is 0 Å². The first-order chi connectivity index (χ1) is 7.20. The minimum atomic E-state index is 0.109. The van der Waals surface area contributed by atoms with Crippen molar-refractivity contribution in [1.29, 1.82) is 0 Å². The van der Waals surface area contributed by atoms with Crippen LogP contribution in [0.4, 0.5) is 0 Å². The van der Waals surface area contributed by atoms with Crippen molar-refractivity contribution in [2.24, 2.45) is 0 Å². The molecule has 0 bridgehead atoms. The Labute approximate surface area is 90.1 Å². The van der Waals surface area contributed by atoms with Gasteiger partial charge in [0.2, 0.25) is 5.91 Å². The third kappa shape index (κ3) is 4.60. The molecule has 0 radical (unpaired) electrons. The minimum absolute atomic E-state index is 0.109. The van der Waals surface area contributed by atoms with Gasteiger partial charge in [-0.2, -0.15) is 0 Å². The van der Waals surface area contributed by atoms with Crippen LogP contribution in [0.3, 0.4) is 0 Å². The number of imidazole rings is 1. The van der Waals surface area contributed by atoms with Crippen molar-refractivity contribution in [3.05, 3.63) is 18.7 Å². The van der Waals surface area contributed by atoms with Crippen molar-refractivity contribution in [1.82, 2.24) is 19.8 Å². The Morgan fingerprint density at radius 1 is 1.53 bits per heavy atom. The van der Waals surface area contributed by atoms with E-state index in [1.54, 1.807) is 31.5 Å². The van der Waals surface area contributed by atoms with E-state index in [1.165, 1.54) is 0 Å². The molecular weight excluding hydrogens is 192 g/mol. The van der Waals surface area contributed by atoms with Crippen molar-refractivity contribution in [3.8, 4) is 0 Å². The lowest BCUT2D eigenvalue weighted by molar-refractivity contribution is -0.127. The second-order valence-corrected chi connectivity index (χ2v) is 3.62. The van der Waals surface area contributed by atoms with Crippen LogP contribution in [0.2, 0.25) is 0 Å². The predicted octanol–water partition coefficient (Wildman–Crippen LogP) is -0.0490. The van der Waals surface area contributed by atoms with Crippen molar-refractivity contribution >= 4 is 5.91 Å². The molecule has 1 rings (SSSR count). The van der Waals surface area contributed by atoms with Crippen LogP contribution in [0.5, 0.6) is 0 Å². The van der Waals surface area contributed by atoms with Gasteiger partial charge in [-0.3, -0.25) is 4.79 Å². The zero-order chi connectivity index (χ0) is 11.1. The van der Waals surface area contributed by atoms with E-state index in [4.69, 9.17) is 0 Å². The Kier molecular flexibility index (Phi) is 4.83. The van der Waals surface area contributed by atoms with Crippen LogP contribution in [-0.2, 0) is 11.3 Å². The van der Waals surface area contributed by atoms with Crippen molar-refractivity contribution in [2.75, 3.05) is 27.2 Å². The van der Waals surface area contributed by atoms with Gasteiger partial charge in [-0.25, -0.2) is 4.98 Å². The highest BCUT2D eigenvalue weighted by Gasteiger charge is 2.01. The van der Waals surface area contributed by atoms with E-state index >= 15 is 0 Å². The molecule has 5 nitrogen and oxygen atoms in total. The summed E-state index contributed by atoms with van der Waals surface area (Å²) in [4.78, 5) is 16.7. The molecular formula is C10H18N4O. The zero-order valence-corrected chi connectivity index (χ0v) is 9.31. The lowest BCUT2D eigenvalue weighted by atomic mass is 10.4. The first kappa shape index (κ1) is 11.7. The summed E-state index contributed by atoms with van der Waals surface area (Å²) >= 11 is 0. The summed E-state index contributed by atoms with van der Waals surface area (Å²) in [6.45, 7) is 2.19. The predicted molar refractivity (Wildman–Crippen MR) is 58.4 cm³/mol. The summed E-state index contributed by atoms with van der Waals surface area (Å²) in [5, 5.41) is 3.10. The molecule has 0 fully saturated rings. The number of carbonyl (C=O) groups excluding carboxylic acids is 1. The Bertz CT molecular complexity index is 282. The molecule has 1 N–H and O–H groups in total. The molecule has 0 aliphatic heterocycles. The van der Waals surface area contributed by atoms with Gasteiger partial charge in [-0.15, -0.1) is 0 Å². The Hall–Kier alpha value is -1.36. The normalized spacial score (nSPS) is 10.3. The molecule has 0 aromatic carbocycles. The Balaban J connectivity index is 2.00. The molecule has 0 saturated carbocycles. The molecule has 0 aliphatic carbocycles. The summed E-state index contributed by atoms with van der Waals surface area (Å²) < 4.78 is 2.02. The molecule has 0 saturated heterocycles. The van der Waals surface area contributed by atoms with E-state index in [0.717, 1.165) is 19.5 Å². The minimum Gasteiger partial charge on any atom is -0.348 e. The number of amides is 1. The summed E-state index contributed by atoms with van der Waals surface area (Å²) in [6, 6.07) is 0. The van der Waals surface area contributed by atoms with Gasteiger partial charge in [0.05, 0.1) is 12.9 Å². The maximum Gasteiger partial charge on any atom is 0.236 e. The summed E-state index contributed by atoms with van der Waals surface area (Å²) in [5.74, 6) is 0.109. The van der Waals surface area contributed by atoms with E-state index < -0.39 is 0 Å². The number of aromatic nitrogens is 2. The average molecular weight is 210 g/mol. The number of carbonyl (C=O) groups is 1. The quantitative estimate of drug-likeness (QED) is 0.670. The van der Waals surface area contributed by atoms with E-state index in [1.807, 2.05) is 10.8 Å². The monoisotopic (exact) mass is 210 g/mol. The van der Waals surface area contributed by atoms with Crippen LogP contribution in [0.25, 0.3) is 0 Å². The lowest BCUT2D eigenvalue weighted by Gasteiger charge is -2.10. The fourth-order valence-electron chi connectivity index (χ4n) is 1.16. The fourth-order valence-corrected chi connectivity index (χ4v) is 1.16. The highest BCUT2D eigenvalue weighted by molar-refractivity contribution is 5.77. The van der Waals surface area contributed by atoms with Gasteiger partial charge in [0.1, 0.15) is 0 Å². The molecule has 1 aromatic heterocycles. The van der Waals surface area contributed by atoms with Crippen LogP contribution in [0.1, 0.15) is 6.42 Å². The average Bonchev–Trinajstić information content (AvgIpc) is 2.69. The van der Waals surface area contributed by atoms with Crippen LogP contribution >= 0.6 is 0 Å². The van der Waals surface area contributed by atoms with Crippen molar-refractivity contribution in [2.45, 2.75) is 13.0 Å². The maximum absolute atomic E-state index is 11.2. The number of likely N-dealkylation sites (N-methyl/N-ethyl adjacent to an activating group) is 1. The summed E-state index contributed by atoms with van der Waals surface area (Å²) in [6.07, 6.45) is 6.50. The molecule has 0 atom stereocenters. The third-order valence-corrected chi connectivity index (χ3v) is 2.10. The van der Waals surface area contributed by atoms with E-state index in [9.17, 15) is 4.79 Å². The highest BCUT2D eigenvalue weighted by atomic mass is 16.2. The highest BCUT2D eigenvalue weighted by Crippen LogP contribution is 1.88. The van der Waals surface area contributed by atoms with E-state index in [-0.39, 0.29) is 5.91 Å². The molecule has 5 heteroatoms. The molecule has 84 valence electrons. The second kappa shape index (κ2) is 6.19. The zero-order valence-electron chi connectivity index (χ0n) is 9.31. The number of hydrogen-bond acceptors (Lipinski definition) is 3.